The molecule has 0 heterocycles. The van der Waals surface area contributed by atoms with E-state index < -0.39 is 5.97 Å². The highest BCUT2D eigenvalue weighted by Crippen LogP contribution is 2.22. The number of carboxylic acids is 1. The minimum atomic E-state index is -0.748. The molecule has 1 atom stereocenters. The van der Waals surface area contributed by atoms with Gasteiger partial charge in [-0.15, -0.1) is 0 Å². The molecule has 2 N–H and O–H groups in total. The van der Waals surface area contributed by atoms with Gasteiger partial charge in [-0.2, -0.15) is 0 Å². The maximum absolute atomic E-state index is 10.5. The fraction of sp³-hybridized carbons (Fsp3) is 0.533. The highest BCUT2D eigenvalue weighted by Gasteiger charge is 2.12. The largest absolute Gasteiger partial charge is 0.481 e. The van der Waals surface area contributed by atoms with Gasteiger partial charge in [0.15, 0.2) is 0 Å². The lowest BCUT2D eigenvalue weighted by molar-refractivity contribution is -0.136. The highest BCUT2D eigenvalue weighted by atomic mass is 16.4. The van der Waals surface area contributed by atoms with E-state index in [1.54, 1.807) is 0 Å². The third-order valence-electron chi connectivity index (χ3n) is 2.93. The molecule has 1 unspecified atom stereocenters. The van der Waals surface area contributed by atoms with Gasteiger partial charge in [-0.3, -0.25) is 4.79 Å². The van der Waals surface area contributed by atoms with E-state index >= 15 is 0 Å². The van der Waals surface area contributed by atoms with Crippen LogP contribution in [-0.4, -0.2) is 24.2 Å². The summed E-state index contributed by atoms with van der Waals surface area (Å²) in [7, 11) is 0. The molecule has 18 heavy (non-hydrogen) atoms. The number of hydrogen-bond donors (Lipinski definition) is 2. The van der Waals surface area contributed by atoms with Crippen LogP contribution in [0.5, 0.6) is 0 Å². The molecular weight excluding hydrogens is 226 g/mol. The quantitative estimate of drug-likeness (QED) is 0.696. The number of rotatable bonds is 8. The van der Waals surface area contributed by atoms with E-state index in [1.807, 2.05) is 6.07 Å². The van der Waals surface area contributed by atoms with E-state index in [2.05, 4.69) is 43.4 Å². The molecule has 3 heteroatoms. The molecular formula is C15H23NO2. The van der Waals surface area contributed by atoms with Crippen LogP contribution in [0.15, 0.2) is 30.3 Å². The Labute approximate surface area is 109 Å². The molecule has 0 saturated heterocycles. The van der Waals surface area contributed by atoms with Crippen LogP contribution in [0, 0.1) is 5.92 Å². The van der Waals surface area contributed by atoms with Crippen LogP contribution in [0.25, 0.3) is 0 Å². The second-order valence-electron chi connectivity index (χ2n) is 5.09. The molecule has 0 aliphatic carbocycles. The summed E-state index contributed by atoms with van der Waals surface area (Å²) in [6.07, 6.45) is 1.30. The first kappa shape index (κ1) is 14.7. The Balaban J connectivity index is 2.49. The molecule has 0 aliphatic rings. The van der Waals surface area contributed by atoms with Gasteiger partial charge in [-0.05, 0) is 23.8 Å². The van der Waals surface area contributed by atoms with E-state index in [4.69, 9.17) is 5.11 Å². The minimum absolute atomic E-state index is 0.184. The van der Waals surface area contributed by atoms with Gasteiger partial charge in [0, 0.05) is 13.1 Å². The minimum Gasteiger partial charge on any atom is -0.481 e. The second kappa shape index (κ2) is 7.88. The van der Waals surface area contributed by atoms with E-state index in [-0.39, 0.29) is 6.42 Å². The van der Waals surface area contributed by atoms with Gasteiger partial charge in [0.1, 0.15) is 0 Å². The van der Waals surface area contributed by atoms with Crippen molar-refractivity contribution in [1.29, 1.82) is 0 Å². The van der Waals surface area contributed by atoms with Crippen molar-refractivity contribution in [1.82, 2.24) is 5.32 Å². The zero-order valence-corrected chi connectivity index (χ0v) is 11.2. The molecule has 100 valence electrons. The third-order valence-corrected chi connectivity index (χ3v) is 2.93. The van der Waals surface area contributed by atoms with Crippen molar-refractivity contribution in [3.63, 3.8) is 0 Å². The number of nitrogens with one attached hydrogen (secondary N) is 1. The van der Waals surface area contributed by atoms with Gasteiger partial charge in [-0.25, -0.2) is 0 Å². The van der Waals surface area contributed by atoms with Gasteiger partial charge < -0.3 is 10.4 Å². The van der Waals surface area contributed by atoms with Gasteiger partial charge in [-0.1, -0.05) is 44.2 Å². The molecule has 0 aromatic heterocycles. The van der Waals surface area contributed by atoms with E-state index in [9.17, 15) is 4.79 Å². The topological polar surface area (TPSA) is 49.3 Å². The molecule has 0 aliphatic heterocycles. The van der Waals surface area contributed by atoms with Crippen LogP contribution in [0.3, 0.4) is 0 Å². The average Bonchev–Trinajstić information content (AvgIpc) is 2.33. The molecule has 0 amide bonds. The van der Waals surface area contributed by atoms with Gasteiger partial charge in [0.25, 0.3) is 0 Å². The van der Waals surface area contributed by atoms with E-state index in [0.29, 0.717) is 18.4 Å². The normalized spacial score (nSPS) is 12.6. The number of benzene rings is 1. The summed E-state index contributed by atoms with van der Waals surface area (Å²) in [6, 6.07) is 10.4. The lowest BCUT2D eigenvalue weighted by Crippen LogP contribution is -2.25. The SMILES string of the molecule is CC(C)CC(CNCCC(=O)O)c1ccccc1. The van der Waals surface area contributed by atoms with Gasteiger partial charge in [0.2, 0.25) is 0 Å². The maximum Gasteiger partial charge on any atom is 0.304 e. The van der Waals surface area contributed by atoms with Crippen LogP contribution < -0.4 is 5.32 Å². The summed E-state index contributed by atoms with van der Waals surface area (Å²) in [6.45, 7) is 5.81. The Bertz CT molecular complexity index is 349. The second-order valence-corrected chi connectivity index (χ2v) is 5.09. The fourth-order valence-electron chi connectivity index (χ4n) is 2.10. The van der Waals surface area contributed by atoms with Crippen molar-refractivity contribution < 1.29 is 9.90 Å². The van der Waals surface area contributed by atoms with Crippen LogP contribution >= 0.6 is 0 Å². The lowest BCUT2D eigenvalue weighted by atomic mass is 9.90. The number of carboxylic acid groups (broad SMARTS) is 1. The fourth-order valence-corrected chi connectivity index (χ4v) is 2.10. The summed E-state index contributed by atoms with van der Waals surface area (Å²) in [5.74, 6) is 0.346. The molecule has 1 rings (SSSR count). The molecule has 0 saturated carbocycles. The van der Waals surface area contributed by atoms with Gasteiger partial charge in [0.05, 0.1) is 6.42 Å². The summed E-state index contributed by atoms with van der Waals surface area (Å²) in [4.78, 5) is 10.5. The van der Waals surface area contributed by atoms with E-state index in [1.165, 1.54) is 5.56 Å². The molecule has 1 aromatic rings. The molecule has 0 fully saturated rings. The van der Waals surface area contributed by atoms with Crippen molar-refractivity contribution in [3.05, 3.63) is 35.9 Å². The lowest BCUT2D eigenvalue weighted by Gasteiger charge is -2.20. The van der Waals surface area contributed by atoms with Crippen molar-refractivity contribution >= 4 is 5.97 Å². The standard InChI is InChI=1S/C15H23NO2/c1-12(2)10-14(11-16-9-8-15(17)18)13-6-4-3-5-7-13/h3-7,12,14,16H,8-11H2,1-2H3,(H,17,18). The first-order valence-electron chi connectivity index (χ1n) is 6.57. The van der Waals surface area contributed by atoms with Crippen molar-refractivity contribution in [2.75, 3.05) is 13.1 Å². The Hall–Kier alpha value is -1.35. The Morgan fingerprint density at radius 1 is 1.28 bits per heavy atom. The molecule has 3 nitrogen and oxygen atoms in total. The predicted octanol–water partition coefficient (Wildman–Crippen LogP) is 2.88. The van der Waals surface area contributed by atoms with Crippen LogP contribution in [-0.2, 0) is 4.79 Å². The summed E-state index contributed by atoms with van der Waals surface area (Å²) in [5, 5.41) is 11.8. The van der Waals surface area contributed by atoms with Gasteiger partial charge >= 0.3 is 5.97 Å². The van der Waals surface area contributed by atoms with Crippen LogP contribution in [0.4, 0.5) is 0 Å². The summed E-state index contributed by atoms with van der Waals surface area (Å²) < 4.78 is 0. The summed E-state index contributed by atoms with van der Waals surface area (Å²) >= 11 is 0. The van der Waals surface area contributed by atoms with Crippen molar-refractivity contribution in [2.24, 2.45) is 5.92 Å². The Morgan fingerprint density at radius 2 is 1.94 bits per heavy atom. The van der Waals surface area contributed by atoms with E-state index in [0.717, 1.165) is 13.0 Å². The van der Waals surface area contributed by atoms with Crippen LogP contribution in [0.2, 0.25) is 0 Å². The smallest absolute Gasteiger partial charge is 0.304 e. The number of hydrogen-bond acceptors (Lipinski definition) is 2. The first-order chi connectivity index (χ1) is 8.59. The molecule has 0 spiro atoms. The Morgan fingerprint density at radius 3 is 2.50 bits per heavy atom. The average molecular weight is 249 g/mol. The molecule has 0 bridgehead atoms. The highest BCUT2D eigenvalue weighted by molar-refractivity contribution is 5.66. The zero-order valence-electron chi connectivity index (χ0n) is 11.2. The monoisotopic (exact) mass is 249 g/mol. The zero-order chi connectivity index (χ0) is 13.4. The predicted molar refractivity (Wildman–Crippen MR) is 73.8 cm³/mol. The summed E-state index contributed by atoms with van der Waals surface area (Å²) in [5.41, 5.74) is 1.33. The first-order valence-corrected chi connectivity index (χ1v) is 6.57. The molecule has 1 aromatic carbocycles. The van der Waals surface area contributed by atoms with Crippen molar-refractivity contribution in [2.45, 2.75) is 32.6 Å². The maximum atomic E-state index is 10.5. The Kier molecular flexibility index (Phi) is 6.44. The number of carbonyl (C=O) groups is 1. The number of aliphatic carboxylic acids is 1. The van der Waals surface area contributed by atoms with Crippen LogP contribution in [0.1, 0.15) is 38.2 Å². The third kappa shape index (κ3) is 5.82. The molecule has 0 radical (unpaired) electrons. The van der Waals surface area contributed by atoms with Crippen molar-refractivity contribution in [3.8, 4) is 0 Å².